The van der Waals surface area contributed by atoms with Crippen LogP contribution in [0.5, 0.6) is 0 Å². The minimum absolute atomic E-state index is 0.0205. The number of nitrogens with zero attached hydrogens (tertiary/aromatic N) is 3. The number of halogens is 2. The topological polar surface area (TPSA) is 92.3 Å². The fourth-order valence-electron chi connectivity index (χ4n) is 2.54. The number of thioether (sulfide) groups is 1. The number of anilines is 2. The Balaban J connectivity index is 1.86. The van der Waals surface area contributed by atoms with E-state index in [1.54, 1.807) is 36.0 Å². The van der Waals surface area contributed by atoms with Gasteiger partial charge in [0.15, 0.2) is 4.34 Å². The molecular weight excluding hydrogens is 511 g/mol. The molecule has 0 bridgehead atoms. The smallest absolute Gasteiger partial charge is 0.264 e. The number of nitrogens with one attached hydrogen (secondary N) is 1. The summed E-state index contributed by atoms with van der Waals surface area (Å²) in [4.78, 5) is 12.8. The number of amides is 1. The molecule has 12 heteroatoms. The molecule has 0 spiro atoms. The Morgan fingerprint density at radius 2 is 1.88 bits per heavy atom. The Morgan fingerprint density at radius 1 is 1.16 bits per heavy atom. The largest absolute Gasteiger partial charge is 0.299 e. The van der Waals surface area contributed by atoms with Gasteiger partial charge in [-0.1, -0.05) is 78.3 Å². The summed E-state index contributed by atoms with van der Waals surface area (Å²) < 4.78 is 28.4. The predicted molar refractivity (Wildman–Crippen MR) is 132 cm³/mol. The maximum absolute atomic E-state index is 13.4. The van der Waals surface area contributed by atoms with E-state index in [2.05, 4.69) is 29.4 Å². The summed E-state index contributed by atoms with van der Waals surface area (Å²) in [5.41, 5.74) is 0.101. The van der Waals surface area contributed by atoms with E-state index < -0.39 is 22.5 Å². The molecule has 2 aromatic carbocycles. The number of carbonyl (C=O) groups is 1. The minimum atomic E-state index is -4.10. The highest BCUT2D eigenvalue weighted by atomic mass is 35.5. The van der Waals surface area contributed by atoms with Crippen molar-refractivity contribution in [2.75, 3.05) is 21.9 Å². The summed E-state index contributed by atoms with van der Waals surface area (Å²) in [6.45, 7) is 3.67. The first-order valence-electron chi connectivity index (χ1n) is 9.46. The third kappa shape index (κ3) is 6.35. The van der Waals surface area contributed by atoms with Crippen LogP contribution >= 0.6 is 46.3 Å². The molecule has 0 aliphatic rings. The van der Waals surface area contributed by atoms with Gasteiger partial charge in [0.05, 0.1) is 15.6 Å². The third-order valence-electron chi connectivity index (χ3n) is 3.99. The van der Waals surface area contributed by atoms with Crippen molar-refractivity contribution < 1.29 is 13.2 Å². The van der Waals surface area contributed by atoms with E-state index in [4.69, 9.17) is 23.2 Å². The van der Waals surface area contributed by atoms with Crippen molar-refractivity contribution >= 4 is 73.0 Å². The van der Waals surface area contributed by atoms with Gasteiger partial charge >= 0.3 is 0 Å². The van der Waals surface area contributed by atoms with Crippen LogP contribution in [0, 0.1) is 5.92 Å². The zero-order valence-corrected chi connectivity index (χ0v) is 21.1. The number of rotatable bonds is 9. The van der Waals surface area contributed by atoms with Crippen molar-refractivity contribution in [2.24, 2.45) is 5.92 Å². The van der Waals surface area contributed by atoms with E-state index in [1.165, 1.54) is 35.6 Å². The predicted octanol–water partition coefficient (Wildman–Crippen LogP) is 5.43. The van der Waals surface area contributed by atoms with Gasteiger partial charge in [0.1, 0.15) is 6.54 Å². The molecule has 7 nitrogen and oxygen atoms in total. The minimum Gasteiger partial charge on any atom is -0.299 e. The van der Waals surface area contributed by atoms with E-state index in [1.807, 2.05) is 0 Å². The van der Waals surface area contributed by atoms with Crippen molar-refractivity contribution in [1.29, 1.82) is 0 Å². The Labute approximate surface area is 205 Å². The van der Waals surface area contributed by atoms with Crippen LogP contribution in [-0.2, 0) is 14.8 Å². The Kier molecular flexibility index (Phi) is 8.40. The fourth-order valence-corrected chi connectivity index (χ4v) is 6.18. The fraction of sp³-hybridized carbons (Fsp3) is 0.250. The molecule has 0 radical (unpaired) electrons. The number of benzene rings is 2. The summed E-state index contributed by atoms with van der Waals surface area (Å²) in [7, 11) is -4.10. The number of sulfonamides is 1. The van der Waals surface area contributed by atoms with Crippen LogP contribution in [0.2, 0.25) is 10.0 Å². The SMILES string of the molecule is CC(C)CSc1nnc(NC(=O)CN(c2cc(Cl)ccc2Cl)S(=O)(=O)c2ccccc2)s1. The average Bonchev–Trinajstić information content (AvgIpc) is 3.20. The van der Waals surface area contributed by atoms with Crippen LogP contribution in [0.15, 0.2) is 57.8 Å². The van der Waals surface area contributed by atoms with Crippen LogP contribution < -0.4 is 9.62 Å². The number of hydrogen-bond acceptors (Lipinski definition) is 7. The second kappa shape index (κ2) is 10.8. The lowest BCUT2D eigenvalue weighted by Gasteiger charge is -2.25. The average molecular weight is 532 g/mol. The molecule has 0 fully saturated rings. The second-order valence-electron chi connectivity index (χ2n) is 7.05. The molecule has 0 aliphatic heterocycles. The van der Waals surface area contributed by atoms with E-state index in [0.717, 1.165) is 14.4 Å². The normalized spacial score (nSPS) is 11.5. The maximum Gasteiger partial charge on any atom is 0.264 e. The molecule has 0 aliphatic carbocycles. The second-order valence-corrected chi connectivity index (χ2v) is 12.0. The van der Waals surface area contributed by atoms with Crippen LogP contribution in [0.4, 0.5) is 10.8 Å². The Bertz CT molecular complexity index is 1190. The lowest BCUT2D eigenvalue weighted by molar-refractivity contribution is -0.114. The highest BCUT2D eigenvalue weighted by Gasteiger charge is 2.29. The summed E-state index contributed by atoms with van der Waals surface area (Å²) in [5.74, 6) is 0.775. The summed E-state index contributed by atoms with van der Waals surface area (Å²) in [6.07, 6.45) is 0. The van der Waals surface area contributed by atoms with Gasteiger partial charge in [-0.3, -0.25) is 14.4 Å². The summed E-state index contributed by atoms with van der Waals surface area (Å²) in [6, 6.07) is 12.2. The standard InChI is InChI=1S/C20H20Cl2N4O3S3/c1-13(2)12-30-20-25-24-19(31-20)23-18(27)11-26(17-10-14(21)8-9-16(17)22)32(28,29)15-6-4-3-5-7-15/h3-10,13H,11-12H2,1-2H3,(H,23,24,27). The zero-order chi connectivity index (χ0) is 23.3. The highest BCUT2D eigenvalue weighted by molar-refractivity contribution is 8.01. The van der Waals surface area contributed by atoms with Gasteiger partial charge in [-0.15, -0.1) is 10.2 Å². The van der Waals surface area contributed by atoms with Gasteiger partial charge in [0.25, 0.3) is 10.0 Å². The van der Waals surface area contributed by atoms with E-state index in [9.17, 15) is 13.2 Å². The van der Waals surface area contributed by atoms with E-state index in [0.29, 0.717) is 5.92 Å². The third-order valence-corrected chi connectivity index (χ3v) is 8.72. The lowest BCUT2D eigenvalue weighted by atomic mass is 10.3. The molecule has 1 amide bonds. The van der Waals surface area contributed by atoms with Gasteiger partial charge < -0.3 is 0 Å². The molecule has 0 saturated heterocycles. The molecule has 0 atom stereocenters. The molecule has 3 rings (SSSR count). The van der Waals surface area contributed by atoms with Crippen molar-refractivity contribution in [3.63, 3.8) is 0 Å². The maximum atomic E-state index is 13.4. The molecule has 1 aromatic heterocycles. The Morgan fingerprint density at radius 3 is 2.56 bits per heavy atom. The van der Waals surface area contributed by atoms with Crippen molar-refractivity contribution in [3.8, 4) is 0 Å². The van der Waals surface area contributed by atoms with Gasteiger partial charge in [-0.2, -0.15) is 0 Å². The van der Waals surface area contributed by atoms with Crippen molar-refractivity contribution in [2.45, 2.75) is 23.1 Å². The van der Waals surface area contributed by atoms with E-state index >= 15 is 0 Å². The first-order valence-corrected chi connectivity index (χ1v) is 13.5. The van der Waals surface area contributed by atoms with Gasteiger partial charge in [0.2, 0.25) is 11.0 Å². The first kappa shape index (κ1) is 24.8. The molecule has 1 heterocycles. The summed E-state index contributed by atoms with van der Waals surface area (Å²) in [5, 5.41) is 11.3. The zero-order valence-electron chi connectivity index (χ0n) is 17.2. The van der Waals surface area contributed by atoms with E-state index in [-0.39, 0.29) is 25.8 Å². The summed E-state index contributed by atoms with van der Waals surface area (Å²) >= 11 is 15.1. The number of hydrogen-bond donors (Lipinski definition) is 1. The van der Waals surface area contributed by atoms with Crippen LogP contribution in [0.1, 0.15) is 13.8 Å². The van der Waals surface area contributed by atoms with Crippen LogP contribution in [0.25, 0.3) is 0 Å². The number of aromatic nitrogens is 2. The van der Waals surface area contributed by atoms with Gasteiger partial charge in [0, 0.05) is 10.8 Å². The molecule has 3 aromatic rings. The molecule has 0 saturated carbocycles. The molecule has 170 valence electrons. The van der Waals surface area contributed by atoms with Crippen molar-refractivity contribution in [1.82, 2.24) is 10.2 Å². The van der Waals surface area contributed by atoms with Crippen LogP contribution in [-0.4, -0.2) is 36.8 Å². The molecular formula is C20H20Cl2N4O3S3. The van der Waals surface area contributed by atoms with Gasteiger partial charge in [-0.05, 0) is 36.2 Å². The first-order chi connectivity index (χ1) is 15.2. The Hall–Kier alpha value is -1.85. The molecule has 32 heavy (non-hydrogen) atoms. The molecule has 0 unspecified atom stereocenters. The highest BCUT2D eigenvalue weighted by Crippen LogP contribution is 2.33. The molecule has 1 N–H and O–H groups in total. The number of carbonyl (C=O) groups excluding carboxylic acids is 1. The quantitative estimate of drug-likeness (QED) is 0.293. The van der Waals surface area contributed by atoms with Crippen LogP contribution in [0.3, 0.4) is 0 Å². The van der Waals surface area contributed by atoms with Crippen molar-refractivity contribution in [3.05, 3.63) is 58.6 Å². The lowest BCUT2D eigenvalue weighted by Crippen LogP contribution is -2.38. The monoisotopic (exact) mass is 530 g/mol. The van der Waals surface area contributed by atoms with Gasteiger partial charge in [-0.25, -0.2) is 8.42 Å².